The minimum Gasteiger partial charge on any atom is -0.357 e. The lowest BCUT2D eigenvalue weighted by Gasteiger charge is -2.23. The van der Waals surface area contributed by atoms with E-state index in [2.05, 4.69) is 26.1 Å². The molecule has 1 atom stereocenters. The Kier molecular flexibility index (Phi) is 7.82. The molecule has 0 saturated carbocycles. The average Bonchev–Trinajstić information content (AvgIpc) is 3.56. The third-order valence-corrected chi connectivity index (χ3v) is 6.99. The molecule has 1 aliphatic heterocycles. The fraction of sp³-hybridized carbons (Fsp3) is 0.214. The number of nitrogens with one attached hydrogen (secondary N) is 1. The first-order valence-corrected chi connectivity index (χ1v) is 13.1. The van der Waals surface area contributed by atoms with E-state index in [0.717, 1.165) is 26.9 Å². The molecule has 5 rings (SSSR count). The maximum atomic E-state index is 13.7. The fourth-order valence-electron chi connectivity index (χ4n) is 4.60. The molecule has 1 aromatic heterocycles. The molecule has 3 aromatic carbocycles. The summed E-state index contributed by atoms with van der Waals surface area (Å²) in [5.41, 5.74) is 3.95. The van der Waals surface area contributed by atoms with Crippen LogP contribution >= 0.6 is 15.9 Å². The van der Waals surface area contributed by atoms with Gasteiger partial charge in [-0.3, -0.25) is 19.8 Å². The average molecular weight is 594 g/mol. The summed E-state index contributed by atoms with van der Waals surface area (Å²) in [6.45, 7) is 3.07. The second-order valence-corrected chi connectivity index (χ2v) is 10.1. The van der Waals surface area contributed by atoms with Crippen LogP contribution in [0.25, 0.3) is 16.9 Å². The van der Waals surface area contributed by atoms with Crippen molar-refractivity contribution in [3.05, 3.63) is 104 Å². The van der Waals surface area contributed by atoms with Gasteiger partial charge in [0.2, 0.25) is 5.91 Å². The number of hydrogen-bond donors (Lipinski definition) is 1. The molecular weight excluding hydrogens is 569 g/mol. The lowest BCUT2D eigenvalue weighted by molar-refractivity contribution is -0.384. The van der Waals surface area contributed by atoms with Crippen molar-refractivity contribution in [1.82, 2.24) is 14.7 Å². The van der Waals surface area contributed by atoms with Crippen LogP contribution in [0.4, 0.5) is 15.8 Å². The molecule has 11 heteroatoms. The van der Waals surface area contributed by atoms with E-state index < -0.39 is 11.2 Å². The number of nitrogens with zero attached hydrogens (tertiary/aromatic N) is 4. The number of anilines is 1. The zero-order valence-electron chi connectivity index (χ0n) is 21.0. The summed E-state index contributed by atoms with van der Waals surface area (Å²) in [5, 5.41) is 18.9. The number of benzene rings is 3. The molecule has 9 nitrogen and oxygen atoms in total. The standard InChI is InChI=1S/C28H25BrFN5O4/c1-18(36)31-25-11-2-19(16-26(25)35(37)38)12-13-33-14-15-39-28(33)24-17-34(23-9-5-21(29)6-10-23)32-27(24)20-3-7-22(30)8-4-20/h2-11,16-17,28H,12-15H2,1H3,(H,31,36). The first kappa shape index (κ1) is 26.7. The molecule has 1 fully saturated rings. The molecule has 1 N–H and O–H groups in total. The number of aromatic nitrogens is 2. The van der Waals surface area contributed by atoms with Gasteiger partial charge in [-0.25, -0.2) is 9.07 Å². The molecule has 0 aliphatic carbocycles. The lowest BCUT2D eigenvalue weighted by Crippen LogP contribution is -2.26. The van der Waals surface area contributed by atoms with Gasteiger partial charge in [0.05, 0.1) is 22.9 Å². The molecule has 2 heterocycles. The summed E-state index contributed by atoms with van der Waals surface area (Å²) in [6, 6.07) is 18.8. The van der Waals surface area contributed by atoms with Gasteiger partial charge in [0.1, 0.15) is 17.7 Å². The number of hydrogen-bond acceptors (Lipinski definition) is 6. The second kappa shape index (κ2) is 11.4. The summed E-state index contributed by atoms with van der Waals surface area (Å²) in [5.74, 6) is -0.700. The van der Waals surface area contributed by atoms with Gasteiger partial charge in [-0.15, -0.1) is 0 Å². The van der Waals surface area contributed by atoms with E-state index >= 15 is 0 Å². The topological polar surface area (TPSA) is 103 Å². The molecule has 200 valence electrons. The highest BCUT2D eigenvalue weighted by Crippen LogP contribution is 2.35. The number of nitro benzene ring substituents is 1. The molecule has 39 heavy (non-hydrogen) atoms. The SMILES string of the molecule is CC(=O)Nc1ccc(CCN2CCOC2c2cn(-c3ccc(Br)cc3)nc2-c2ccc(F)cc2)cc1[N+](=O)[O-]. The van der Waals surface area contributed by atoms with Gasteiger partial charge in [-0.2, -0.15) is 5.10 Å². The summed E-state index contributed by atoms with van der Waals surface area (Å²) in [6.07, 6.45) is 2.06. The van der Waals surface area contributed by atoms with Gasteiger partial charge in [0.25, 0.3) is 5.69 Å². The summed E-state index contributed by atoms with van der Waals surface area (Å²) >= 11 is 3.46. The van der Waals surface area contributed by atoms with Crippen LogP contribution in [0.15, 0.2) is 77.4 Å². The number of carbonyl (C=O) groups is 1. The van der Waals surface area contributed by atoms with Crippen molar-refractivity contribution in [2.24, 2.45) is 0 Å². The Morgan fingerprint density at radius 3 is 2.62 bits per heavy atom. The molecule has 0 bridgehead atoms. The molecule has 0 spiro atoms. The van der Waals surface area contributed by atoms with Gasteiger partial charge in [0.15, 0.2) is 0 Å². The molecular formula is C28H25BrFN5O4. The van der Waals surface area contributed by atoms with Gasteiger partial charge < -0.3 is 10.1 Å². The number of ether oxygens (including phenoxy) is 1. The van der Waals surface area contributed by atoms with Crippen LogP contribution in [0, 0.1) is 15.9 Å². The van der Waals surface area contributed by atoms with Crippen LogP contribution < -0.4 is 5.32 Å². The molecule has 1 aliphatic rings. The first-order chi connectivity index (χ1) is 18.8. The second-order valence-electron chi connectivity index (χ2n) is 9.16. The van der Waals surface area contributed by atoms with Crippen molar-refractivity contribution >= 4 is 33.2 Å². The Bertz CT molecular complexity index is 1510. The number of halogens is 2. The Balaban J connectivity index is 1.43. The van der Waals surface area contributed by atoms with E-state index in [1.807, 2.05) is 30.5 Å². The minimum atomic E-state index is -0.498. The molecule has 4 aromatic rings. The van der Waals surface area contributed by atoms with Crippen LogP contribution in [0.5, 0.6) is 0 Å². The van der Waals surface area contributed by atoms with E-state index in [4.69, 9.17) is 9.84 Å². The highest BCUT2D eigenvalue weighted by atomic mass is 79.9. The number of amides is 1. The van der Waals surface area contributed by atoms with E-state index in [1.165, 1.54) is 25.1 Å². The van der Waals surface area contributed by atoms with Crippen molar-refractivity contribution < 1.29 is 18.8 Å². The van der Waals surface area contributed by atoms with Crippen molar-refractivity contribution in [3.63, 3.8) is 0 Å². The van der Waals surface area contributed by atoms with Crippen LogP contribution in [0.3, 0.4) is 0 Å². The normalized spacial score (nSPS) is 15.4. The van der Waals surface area contributed by atoms with Gasteiger partial charge >= 0.3 is 0 Å². The lowest BCUT2D eigenvalue weighted by atomic mass is 10.1. The van der Waals surface area contributed by atoms with Crippen molar-refractivity contribution in [3.8, 4) is 16.9 Å². The van der Waals surface area contributed by atoms with Gasteiger partial charge in [-0.1, -0.05) is 22.0 Å². The quantitative estimate of drug-likeness (QED) is 0.202. The highest BCUT2D eigenvalue weighted by molar-refractivity contribution is 9.10. The number of carbonyl (C=O) groups excluding carboxylic acids is 1. The zero-order chi connectivity index (χ0) is 27.5. The largest absolute Gasteiger partial charge is 0.357 e. The van der Waals surface area contributed by atoms with Crippen molar-refractivity contribution in [2.75, 3.05) is 25.0 Å². The highest BCUT2D eigenvalue weighted by Gasteiger charge is 2.31. The van der Waals surface area contributed by atoms with Crippen LogP contribution in [-0.2, 0) is 16.0 Å². The van der Waals surface area contributed by atoms with Crippen molar-refractivity contribution in [1.29, 1.82) is 0 Å². The summed E-state index contributed by atoms with van der Waals surface area (Å²) in [4.78, 5) is 24.6. The fourth-order valence-corrected chi connectivity index (χ4v) is 4.86. The van der Waals surface area contributed by atoms with E-state index in [0.29, 0.717) is 31.8 Å². The summed E-state index contributed by atoms with van der Waals surface area (Å²) in [7, 11) is 0. The Morgan fingerprint density at radius 1 is 1.18 bits per heavy atom. The smallest absolute Gasteiger partial charge is 0.293 e. The predicted octanol–water partition coefficient (Wildman–Crippen LogP) is 5.88. The first-order valence-electron chi connectivity index (χ1n) is 12.3. The number of rotatable bonds is 8. The van der Waals surface area contributed by atoms with E-state index in [-0.39, 0.29) is 23.1 Å². The third-order valence-electron chi connectivity index (χ3n) is 6.46. The number of nitro groups is 1. The molecule has 1 saturated heterocycles. The van der Waals surface area contributed by atoms with Crippen LogP contribution in [-0.4, -0.2) is 45.2 Å². The van der Waals surface area contributed by atoms with Gasteiger partial charge in [0, 0.05) is 47.9 Å². The molecule has 1 amide bonds. The van der Waals surface area contributed by atoms with Gasteiger partial charge in [-0.05, 0) is 66.6 Å². The maximum Gasteiger partial charge on any atom is 0.293 e. The summed E-state index contributed by atoms with van der Waals surface area (Å²) < 4.78 is 22.6. The maximum absolute atomic E-state index is 13.7. The predicted molar refractivity (Wildman–Crippen MR) is 148 cm³/mol. The van der Waals surface area contributed by atoms with Crippen molar-refractivity contribution in [2.45, 2.75) is 19.6 Å². The zero-order valence-corrected chi connectivity index (χ0v) is 22.6. The Hall–Kier alpha value is -3.93. The molecule has 1 unspecified atom stereocenters. The molecule has 0 radical (unpaired) electrons. The minimum absolute atomic E-state index is 0.147. The third kappa shape index (κ3) is 6.06. The van der Waals surface area contributed by atoms with Crippen LogP contribution in [0.1, 0.15) is 24.3 Å². The van der Waals surface area contributed by atoms with E-state index in [9.17, 15) is 19.3 Å². The Labute approximate surface area is 232 Å². The Morgan fingerprint density at radius 2 is 1.92 bits per heavy atom. The monoisotopic (exact) mass is 593 g/mol. The van der Waals surface area contributed by atoms with E-state index in [1.54, 1.807) is 28.9 Å². The van der Waals surface area contributed by atoms with Crippen LogP contribution in [0.2, 0.25) is 0 Å².